The van der Waals surface area contributed by atoms with Gasteiger partial charge < -0.3 is 21.3 Å². The molecule has 0 unspecified atom stereocenters. The summed E-state index contributed by atoms with van der Waals surface area (Å²) in [6.07, 6.45) is 1.99. The van der Waals surface area contributed by atoms with E-state index in [4.69, 9.17) is 0 Å². The number of aryl methyl sites for hydroxylation is 1. The maximum atomic E-state index is 12.5. The lowest BCUT2D eigenvalue weighted by atomic mass is 10.0. The van der Waals surface area contributed by atoms with Gasteiger partial charge >= 0.3 is 0 Å². The molecule has 1 aromatic rings. The van der Waals surface area contributed by atoms with Gasteiger partial charge in [-0.15, -0.1) is 0 Å². The number of carbonyl (C=O) groups excluding carboxylic acids is 2. The molecule has 0 fully saturated rings. The summed E-state index contributed by atoms with van der Waals surface area (Å²) in [5.41, 5.74) is 1.32. The Hall–Kier alpha value is -1.92. The van der Waals surface area contributed by atoms with Crippen LogP contribution in [0, 0.1) is 5.92 Å². The predicted octanol–water partition coefficient (Wildman–Crippen LogP) is 1.85. The third-order valence-electron chi connectivity index (χ3n) is 4.78. The van der Waals surface area contributed by atoms with Crippen LogP contribution in [0.25, 0.3) is 0 Å². The summed E-state index contributed by atoms with van der Waals surface area (Å²) in [6, 6.07) is 9.82. The van der Waals surface area contributed by atoms with Crippen LogP contribution in [-0.4, -0.2) is 49.6 Å². The molecule has 6 nitrogen and oxygen atoms in total. The van der Waals surface area contributed by atoms with Crippen molar-refractivity contribution in [2.75, 3.05) is 19.6 Å². The molecule has 0 radical (unpaired) electrons. The van der Waals surface area contributed by atoms with Gasteiger partial charge in [-0.3, -0.25) is 9.59 Å². The number of likely N-dealkylation sites (N-methyl/N-ethyl adjacent to an activating group) is 2. The highest BCUT2D eigenvalue weighted by Gasteiger charge is 2.25. The number of hydrogen-bond donors (Lipinski definition) is 4. The van der Waals surface area contributed by atoms with Crippen molar-refractivity contribution in [2.24, 2.45) is 5.92 Å². The van der Waals surface area contributed by atoms with Crippen LogP contribution in [0.3, 0.4) is 0 Å². The van der Waals surface area contributed by atoms with Crippen molar-refractivity contribution in [3.05, 3.63) is 35.9 Å². The quantitative estimate of drug-likeness (QED) is 0.414. The van der Waals surface area contributed by atoms with Crippen molar-refractivity contribution >= 4 is 11.8 Å². The van der Waals surface area contributed by atoms with E-state index in [1.807, 2.05) is 33.8 Å². The van der Waals surface area contributed by atoms with Gasteiger partial charge in [0, 0.05) is 19.1 Å². The largest absolute Gasteiger partial charge is 0.355 e. The molecule has 3 atom stereocenters. The lowest BCUT2D eigenvalue weighted by molar-refractivity contribution is -0.130. The predicted molar refractivity (Wildman–Crippen MR) is 115 cm³/mol. The monoisotopic (exact) mass is 390 g/mol. The van der Waals surface area contributed by atoms with Crippen molar-refractivity contribution in [3.63, 3.8) is 0 Å². The summed E-state index contributed by atoms with van der Waals surface area (Å²) in [5.74, 6) is -0.252. The van der Waals surface area contributed by atoms with Crippen LogP contribution in [0.4, 0.5) is 0 Å². The summed E-state index contributed by atoms with van der Waals surface area (Å²) < 4.78 is 0. The molecule has 0 aliphatic carbocycles. The van der Waals surface area contributed by atoms with Gasteiger partial charge in [-0.05, 0) is 44.7 Å². The molecule has 158 valence electrons. The molecule has 4 N–H and O–H groups in total. The van der Waals surface area contributed by atoms with Gasteiger partial charge in [0.2, 0.25) is 11.8 Å². The highest BCUT2D eigenvalue weighted by molar-refractivity contribution is 5.89. The maximum Gasteiger partial charge on any atom is 0.242 e. The average Bonchev–Trinajstić information content (AvgIpc) is 2.68. The van der Waals surface area contributed by atoms with Crippen LogP contribution < -0.4 is 21.3 Å². The van der Waals surface area contributed by atoms with Crippen molar-refractivity contribution in [2.45, 2.75) is 65.6 Å². The van der Waals surface area contributed by atoms with Gasteiger partial charge in [-0.1, -0.05) is 51.1 Å². The standard InChI is InChI=1S/C22H38N4O2/c1-6-23-19(14-13-18-11-9-8-10-12-18)15-25-17(5)21(27)26-20(16(3)4)22(28)24-7-2/h8-12,16-17,19-20,23,25H,6-7,13-15H2,1-5H3,(H,24,28)(H,26,27)/t17-,19-,20-/m0/s1. The fraction of sp³-hybridized carbons (Fsp3) is 0.636. The minimum atomic E-state index is -0.514. The normalized spacial score (nSPS) is 14.4. The van der Waals surface area contributed by atoms with E-state index in [1.165, 1.54) is 5.56 Å². The highest BCUT2D eigenvalue weighted by Crippen LogP contribution is 2.06. The Kier molecular flexibility index (Phi) is 11.4. The molecular formula is C22H38N4O2. The van der Waals surface area contributed by atoms with E-state index in [2.05, 4.69) is 52.5 Å². The van der Waals surface area contributed by atoms with Crippen molar-refractivity contribution in [1.29, 1.82) is 0 Å². The molecule has 0 heterocycles. The molecule has 2 amide bonds. The van der Waals surface area contributed by atoms with Crippen LogP contribution in [0.2, 0.25) is 0 Å². The van der Waals surface area contributed by atoms with Crippen LogP contribution in [0.5, 0.6) is 0 Å². The smallest absolute Gasteiger partial charge is 0.242 e. The van der Waals surface area contributed by atoms with E-state index in [1.54, 1.807) is 0 Å². The summed E-state index contributed by atoms with van der Waals surface area (Å²) in [7, 11) is 0. The Morgan fingerprint density at radius 3 is 2.18 bits per heavy atom. The second-order valence-electron chi connectivity index (χ2n) is 7.53. The molecule has 0 spiro atoms. The number of rotatable bonds is 13. The van der Waals surface area contributed by atoms with Gasteiger partial charge in [0.15, 0.2) is 0 Å². The van der Waals surface area contributed by atoms with Gasteiger partial charge in [0.1, 0.15) is 6.04 Å². The Morgan fingerprint density at radius 1 is 0.929 bits per heavy atom. The third kappa shape index (κ3) is 8.85. The SMILES string of the molecule is CCNC(=O)[C@@H](NC(=O)[C@H](C)NC[C@H](CCc1ccccc1)NCC)C(C)C. The van der Waals surface area contributed by atoms with Crippen LogP contribution >= 0.6 is 0 Å². The zero-order chi connectivity index (χ0) is 20.9. The van der Waals surface area contributed by atoms with Crippen molar-refractivity contribution in [3.8, 4) is 0 Å². The first-order valence-electron chi connectivity index (χ1n) is 10.5. The first-order valence-corrected chi connectivity index (χ1v) is 10.5. The second-order valence-corrected chi connectivity index (χ2v) is 7.53. The minimum absolute atomic E-state index is 0.0306. The topological polar surface area (TPSA) is 82.3 Å². The molecule has 0 bridgehead atoms. The molecule has 28 heavy (non-hydrogen) atoms. The molecule has 0 saturated carbocycles. The number of nitrogens with one attached hydrogen (secondary N) is 4. The lowest BCUT2D eigenvalue weighted by Gasteiger charge is -2.25. The number of benzene rings is 1. The Labute approximate surface area is 170 Å². The molecule has 1 rings (SSSR count). The van der Waals surface area contributed by atoms with E-state index in [0.29, 0.717) is 13.1 Å². The third-order valence-corrected chi connectivity index (χ3v) is 4.78. The van der Waals surface area contributed by atoms with Crippen molar-refractivity contribution < 1.29 is 9.59 Å². The Balaban J connectivity index is 2.51. The Morgan fingerprint density at radius 2 is 1.61 bits per heavy atom. The van der Waals surface area contributed by atoms with Gasteiger partial charge in [-0.2, -0.15) is 0 Å². The van der Waals surface area contributed by atoms with Gasteiger partial charge in [0.05, 0.1) is 6.04 Å². The van der Waals surface area contributed by atoms with E-state index in [9.17, 15) is 9.59 Å². The minimum Gasteiger partial charge on any atom is -0.355 e. The molecule has 1 aromatic carbocycles. The first-order chi connectivity index (χ1) is 13.4. The number of carbonyl (C=O) groups is 2. The van der Waals surface area contributed by atoms with Gasteiger partial charge in [-0.25, -0.2) is 0 Å². The molecule has 6 heteroatoms. The van der Waals surface area contributed by atoms with E-state index in [-0.39, 0.29) is 29.8 Å². The molecule has 0 aromatic heterocycles. The zero-order valence-corrected chi connectivity index (χ0v) is 18.0. The van der Waals surface area contributed by atoms with Crippen LogP contribution in [-0.2, 0) is 16.0 Å². The van der Waals surface area contributed by atoms with Crippen LogP contribution in [0.15, 0.2) is 30.3 Å². The second kappa shape index (κ2) is 13.3. The number of hydrogen-bond acceptors (Lipinski definition) is 4. The van der Waals surface area contributed by atoms with Gasteiger partial charge in [0.25, 0.3) is 0 Å². The fourth-order valence-electron chi connectivity index (χ4n) is 3.06. The molecule has 0 aliphatic heterocycles. The Bertz CT molecular complexity index is 577. The van der Waals surface area contributed by atoms with Crippen LogP contribution in [0.1, 0.15) is 46.6 Å². The van der Waals surface area contributed by atoms with E-state index >= 15 is 0 Å². The fourth-order valence-corrected chi connectivity index (χ4v) is 3.06. The zero-order valence-electron chi connectivity index (χ0n) is 18.0. The van der Waals surface area contributed by atoms with Crippen molar-refractivity contribution in [1.82, 2.24) is 21.3 Å². The molecular weight excluding hydrogens is 352 g/mol. The summed E-state index contributed by atoms with van der Waals surface area (Å²) in [5, 5.41) is 12.5. The molecule has 0 saturated heterocycles. The summed E-state index contributed by atoms with van der Waals surface area (Å²) in [6.45, 7) is 11.8. The number of amides is 2. The first kappa shape index (κ1) is 24.1. The average molecular weight is 391 g/mol. The maximum absolute atomic E-state index is 12.5. The summed E-state index contributed by atoms with van der Waals surface area (Å²) in [4.78, 5) is 24.7. The lowest BCUT2D eigenvalue weighted by Crippen LogP contribution is -2.55. The van der Waals surface area contributed by atoms with E-state index < -0.39 is 6.04 Å². The molecule has 0 aliphatic rings. The summed E-state index contributed by atoms with van der Waals surface area (Å²) >= 11 is 0. The van der Waals surface area contributed by atoms with E-state index in [0.717, 1.165) is 19.4 Å². The highest BCUT2D eigenvalue weighted by atomic mass is 16.2.